The number of rotatable bonds is 6. The smallest absolute Gasteiger partial charge is 0.347 e. The van der Waals surface area contributed by atoms with Gasteiger partial charge in [0.05, 0.1) is 13.3 Å². The van der Waals surface area contributed by atoms with E-state index in [4.69, 9.17) is 9.47 Å². The lowest BCUT2D eigenvalue weighted by atomic mass is 10.2. The van der Waals surface area contributed by atoms with E-state index < -0.39 is 17.8 Å². The Morgan fingerprint density at radius 2 is 1.66 bits per heavy atom. The molecule has 0 aliphatic heterocycles. The lowest BCUT2D eigenvalue weighted by molar-refractivity contribution is -0.136. The largest absolute Gasteiger partial charge is 0.496 e. The van der Waals surface area contributed by atoms with Crippen molar-refractivity contribution in [3.05, 3.63) is 89.5 Å². The van der Waals surface area contributed by atoms with Gasteiger partial charge < -0.3 is 14.8 Å². The van der Waals surface area contributed by atoms with Gasteiger partial charge in [-0.15, -0.1) is 0 Å². The molecule has 162 valence electrons. The Hall–Kier alpha value is -4.46. The standard InChI is InChI=1S/C24H21N3O5/c1-16-10-12-18(13-11-16)26-22(28)23(29)27-25-15-17-6-5-7-19(14-17)32-24(30)20-8-3-4-9-21(20)31-2/h3-15H,1-2H3,(H,26,28)(H,27,29). The van der Waals surface area contributed by atoms with E-state index in [9.17, 15) is 14.4 Å². The second-order valence-corrected chi connectivity index (χ2v) is 6.68. The van der Waals surface area contributed by atoms with Crippen LogP contribution in [0.15, 0.2) is 77.9 Å². The third-order valence-electron chi connectivity index (χ3n) is 4.29. The number of carbonyl (C=O) groups excluding carboxylic acids is 3. The number of carbonyl (C=O) groups is 3. The van der Waals surface area contributed by atoms with Gasteiger partial charge in [-0.3, -0.25) is 9.59 Å². The first-order chi connectivity index (χ1) is 15.5. The summed E-state index contributed by atoms with van der Waals surface area (Å²) in [6.07, 6.45) is 1.33. The number of ether oxygens (including phenoxy) is 2. The van der Waals surface area contributed by atoms with Crippen molar-refractivity contribution in [3.63, 3.8) is 0 Å². The molecule has 0 heterocycles. The van der Waals surface area contributed by atoms with Gasteiger partial charge in [0.1, 0.15) is 17.1 Å². The van der Waals surface area contributed by atoms with E-state index in [0.717, 1.165) is 5.56 Å². The molecule has 3 rings (SSSR count). The van der Waals surface area contributed by atoms with Crippen LogP contribution < -0.4 is 20.2 Å². The van der Waals surface area contributed by atoms with Crippen molar-refractivity contribution >= 4 is 29.7 Å². The number of hydrogen-bond acceptors (Lipinski definition) is 6. The average molecular weight is 431 g/mol. The van der Waals surface area contributed by atoms with E-state index in [1.54, 1.807) is 60.7 Å². The van der Waals surface area contributed by atoms with Gasteiger partial charge in [-0.1, -0.05) is 42.0 Å². The van der Waals surface area contributed by atoms with Crippen molar-refractivity contribution in [2.45, 2.75) is 6.92 Å². The highest BCUT2D eigenvalue weighted by molar-refractivity contribution is 6.39. The van der Waals surface area contributed by atoms with Crippen molar-refractivity contribution in [2.24, 2.45) is 5.10 Å². The summed E-state index contributed by atoms with van der Waals surface area (Å²) >= 11 is 0. The number of para-hydroxylation sites is 1. The molecule has 8 heteroatoms. The molecule has 0 radical (unpaired) electrons. The molecular formula is C24H21N3O5. The number of amides is 2. The van der Waals surface area contributed by atoms with Gasteiger partial charge >= 0.3 is 17.8 Å². The summed E-state index contributed by atoms with van der Waals surface area (Å²) in [6, 6.07) is 20.3. The first-order valence-electron chi connectivity index (χ1n) is 9.62. The maximum absolute atomic E-state index is 12.4. The van der Waals surface area contributed by atoms with Gasteiger partial charge in [-0.25, -0.2) is 10.2 Å². The third-order valence-corrected chi connectivity index (χ3v) is 4.29. The van der Waals surface area contributed by atoms with Crippen molar-refractivity contribution in [1.29, 1.82) is 0 Å². The number of esters is 1. The molecule has 3 aromatic rings. The monoisotopic (exact) mass is 431 g/mol. The van der Waals surface area contributed by atoms with Gasteiger partial charge in [-0.2, -0.15) is 5.10 Å². The van der Waals surface area contributed by atoms with E-state index in [1.807, 2.05) is 19.1 Å². The maximum Gasteiger partial charge on any atom is 0.347 e. The molecule has 0 fully saturated rings. The number of anilines is 1. The second kappa shape index (κ2) is 10.5. The first-order valence-corrected chi connectivity index (χ1v) is 9.62. The van der Waals surface area contributed by atoms with Crippen LogP contribution >= 0.6 is 0 Å². The Morgan fingerprint density at radius 3 is 2.41 bits per heavy atom. The van der Waals surface area contributed by atoms with Crippen molar-refractivity contribution in [1.82, 2.24) is 5.43 Å². The number of aryl methyl sites for hydroxylation is 1. The van der Waals surface area contributed by atoms with Crippen molar-refractivity contribution in [2.75, 3.05) is 12.4 Å². The van der Waals surface area contributed by atoms with E-state index >= 15 is 0 Å². The van der Waals surface area contributed by atoms with E-state index in [1.165, 1.54) is 13.3 Å². The molecule has 0 atom stereocenters. The molecule has 0 unspecified atom stereocenters. The van der Waals surface area contributed by atoms with Crippen LogP contribution in [0.1, 0.15) is 21.5 Å². The molecule has 2 N–H and O–H groups in total. The number of nitrogens with one attached hydrogen (secondary N) is 2. The first kappa shape index (κ1) is 22.2. The normalized spacial score (nSPS) is 10.4. The Labute approximate surface area is 184 Å². The Kier molecular flexibility index (Phi) is 7.32. The van der Waals surface area contributed by atoms with Gasteiger partial charge in [-0.05, 0) is 48.9 Å². The fourth-order valence-electron chi connectivity index (χ4n) is 2.67. The summed E-state index contributed by atoms with van der Waals surface area (Å²) in [6.45, 7) is 1.92. The van der Waals surface area contributed by atoms with Crippen molar-refractivity contribution in [3.8, 4) is 11.5 Å². The predicted octanol–water partition coefficient (Wildman–Crippen LogP) is 3.31. The van der Waals surface area contributed by atoms with Crippen LogP contribution in [-0.2, 0) is 9.59 Å². The molecule has 8 nitrogen and oxygen atoms in total. The zero-order valence-corrected chi connectivity index (χ0v) is 17.5. The van der Waals surface area contributed by atoms with E-state index in [-0.39, 0.29) is 5.75 Å². The topological polar surface area (TPSA) is 106 Å². The second-order valence-electron chi connectivity index (χ2n) is 6.68. The molecular weight excluding hydrogens is 410 g/mol. The molecule has 0 saturated carbocycles. The summed E-state index contributed by atoms with van der Waals surface area (Å²) < 4.78 is 10.6. The van der Waals surface area contributed by atoms with Crippen LogP contribution in [0.3, 0.4) is 0 Å². The maximum atomic E-state index is 12.4. The van der Waals surface area contributed by atoms with E-state index in [2.05, 4.69) is 15.8 Å². The minimum atomic E-state index is -0.916. The van der Waals surface area contributed by atoms with Gasteiger partial charge in [0, 0.05) is 5.69 Å². The highest BCUT2D eigenvalue weighted by Gasteiger charge is 2.14. The summed E-state index contributed by atoms with van der Waals surface area (Å²) in [5, 5.41) is 6.26. The summed E-state index contributed by atoms with van der Waals surface area (Å²) in [7, 11) is 1.47. The molecule has 32 heavy (non-hydrogen) atoms. The van der Waals surface area contributed by atoms with E-state index in [0.29, 0.717) is 22.6 Å². The van der Waals surface area contributed by atoms with Gasteiger partial charge in [0.2, 0.25) is 0 Å². The third kappa shape index (κ3) is 6.02. The number of methoxy groups -OCH3 is 1. The SMILES string of the molecule is COc1ccccc1C(=O)Oc1cccc(C=NNC(=O)C(=O)Nc2ccc(C)cc2)c1. The molecule has 0 aliphatic carbocycles. The zero-order valence-electron chi connectivity index (χ0n) is 17.5. The Morgan fingerprint density at radius 1 is 0.906 bits per heavy atom. The average Bonchev–Trinajstić information content (AvgIpc) is 2.80. The highest BCUT2D eigenvalue weighted by Crippen LogP contribution is 2.20. The summed E-state index contributed by atoms with van der Waals surface area (Å²) in [5.41, 5.74) is 4.54. The van der Waals surface area contributed by atoms with Crippen LogP contribution in [0.4, 0.5) is 5.69 Å². The zero-order chi connectivity index (χ0) is 22.9. The predicted molar refractivity (Wildman–Crippen MR) is 120 cm³/mol. The Balaban J connectivity index is 1.58. The van der Waals surface area contributed by atoms with Crippen molar-refractivity contribution < 1.29 is 23.9 Å². The number of hydrogen-bond donors (Lipinski definition) is 2. The summed E-state index contributed by atoms with van der Waals surface area (Å²) in [4.78, 5) is 36.3. The molecule has 0 bridgehead atoms. The lowest BCUT2D eigenvalue weighted by Crippen LogP contribution is -2.32. The minimum Gasteiger partial charge on any atom is -0.496 e. The number of hydrazone groups is 1. The van der Waals surface area contributed by atoms with Crippen LogP contribution in [-0.4, -0.2) is 31.1 Å². The highest BCUT2D eigenvalue weighted by atomic mass is 16.5. The number of nitrogens with zero attached hydrogens (tertiary/aromatic N) is 1. The Bertz CT molecular complexity index is 1160. The molecule has 0 aromatic heterocycles. The van der Waals surface area contributed by atoms with Crippen LogP contribution in [0.25, 0.3) is 0 Å². The lowest BCUT2D eigenvalue weighted by Gasteiger charge is -2.08. The molecule has 2 amide bonds. The summed E-state index contributed by atoms with van der Waals surface area (Å²) in [5.74, 6) is -1.64. The molecule has 0 saturated heterocycles. The van der Waals surface area contributed by atoms with Gasteiger partial charge in [0.25, 0.3) is 0 Å². The van der Waals surface area contributed by atoms with Crippen LogP contribution in [0.5, 0.6) is 11.5 Å². The minimum absolute atomic E-state index is 0.285. The fourth-order valence-corrected chi connectivity index (χ4v) is 2.67. The van der Waals surface area contributed by atoms with Gasteiger partial charge in [0.15, 0.2) is 0 Å². The number of benzene rings is 3. The quantitative estimate of drug-likeness (QED) is 0.205. The van der Waals surface area contributed by atoms with Crippen LogP contribution in [0.2, 0.25) is 0 Å². The molecule has 0 aliphatic rings. The molecule has 0 spiro atoms. The van der Waals surface area contributed by atoms with Crippen LogP contribution in [0, 0.1) is 6.92 Å². The fraction of sp³-hybridized carbons (Fsp3) is 0.0833. The molecule has 3 aromatic carbocycles.